The van der Waals surface area contributed by atoms with Crippen molar-refractivity contribution in [2.45, 2.75) is 122 Å². The number of carbonyl (C=O) groups excluding carboxylic acids is 5. The standard InChI is InChI=1S/C57H83FN12O8/c1-11-43(39-17-13-12-14-18-39)63-54(74)47-33-42(35-69(47)55(75)51(57(4,5)6)64-53(73)38(3)60-7)61-23-28-78-30-29-77-27-22-49(72)66(8)25-26-70-56(76-10)50-40-32-46(52(59)62-34-40)68-24-16-20-45(68)37(2)31-41(58)19-15-21-48(71)67(9)36-44(50)65-70/h12-15,17-19,31-32,34,38,42-43,45,47,51,60-61H,2,11,16,20-30,33,35-36H2,1,3-10H3,(H2,59,62)(H,63,74)(H,64,73)/b19-15-,41-31+/t38-,42-,43+,45-,47-,51+/m1/s1. The number of allylic oxidation sites excluding steroid dienone is 2. The first kappa shape index (κ1) is 60.5. The summed E-state index contributed by atoms with van der Waals surface area (Å²) in [5, 5.41) is 17.4. The Morgan fingerprint density at radius 3 is 2.49 bits per heavy atom. The van der Waals surface area contributed by atoms with Crippen molar-refractivity contribution in [1.29, 1.82) is 0 Å². The van der Waals surface area contributed by atoms with E-state index in [1.807, 2.05) is 64.1 Å². The third-order valence-corrected chi connectivity index (χ3v) is 14.7. The number of ether oxygens (including phenoxy) is 3. The van der Waals surface area contributed by atoms with Crippen molar-refractivity contribution in [1.82, 2.24) is 50.7 Å². The highest BCUT2D eigenvalue weighted by Gasteiger charge is 2.45. The van der Waals surface area contributed by atoms with Gasteiger partial charge in [0, 0.05) is 64.5 Å². The van der Waals surface area contributed by atoms with Crippen molar-refractivity contribution in [3.05, 3.63) is 90.1 Å². The molecule has 3 aliphatic heterocycles. The van der Waals surface area contributed by atoms with Crippen LogP contribution in [0, 0.1) is 5.41 Å². The van der Waals surface area contributed by atoms with Crippen molar-refractivity contribution < 1.29 is 42.6 Å². The fourth-order valence-electron chi connectivity index (χ4n) is 10.0. The van der Waals surface area contributed by atoms with Crippen molar-refractivity contribution in [3.8, 4) is 17.0 Å². The summed E-state index contributed by atoms with van der Waals surface area (Å²) >= 11 is 0. The van der Waals surface area contributed by atoms with Crippen LogP contribution in [0.2, 0.25) is 0 Å². The second-order valence-corrected chi connectivity index (χ2v) is 21.4. The van der Waals surface area contributed by atoms with Crippen LogP contribution in [0.25, 0.3) is 11.1 Å². The van der Waals surface area contributed by atoms with Gasteiger partial charge in [-0.2, -0.15) is 5.10 Å². The van der Waals surface area contributed by atoms with E-state index in [4.69, 9.17) is 25.0 Å². The lowest BCUT2D eigenvalue weighted by Gasteiger charge is -2.36. The molecule has 0 radical (unpaired) electrons. The van der Waals surface area contributed by atoms with E-state index in [9.17, 15) is 28.4 Å². The molecule has 5 amide bonds. The maximum atomic E-state index is 15.0. The number of nitrogens with zero attached hydrogens (tertiary/aromatic N) is 7. The molecular weight excluding hydrogens is 1000 g/mol. The number of likely N-dealkylation sites (N-methyl/N-ethyl adjacent to an activating group) is 2. The Kier molecular flexibility index (Phi) is 21.9. The first-order valence-corrected chi connectivity index (χ1v) is 27.1. The topological polar surface area (TPSA) is 231 Å². The quantitative estimate of drug-likeness (QED) is 0.0862. The summed E-state index contributed by atoms with van der Waals surface area (Å²) in [6.45, 7) is 16.8. The number of halogens is 1. The van der Waals surface area contributed by atoms with Crippen LogP contribution in [0.1, 0.15) is 90.4 Å². The lowest BCUT2D eigenvalue weighted by molar-refractivity contribution is -0.144. The second-order valence-electron chi connectivity index (χ2n) is 21.4. The molecule has 1 aromatic carbocycles. The Balaban J connectivity index is 1.000. The largest absolute Gasteiger partial charge is 0.481 e. The fraction of sp³-hybridized carbons (Fsp3) is 0.561. The van der Waals surface area contributed by atoms with Crippen molar-refractivity contribution >= 4 is 41.0 Å². The predicted molar refractivity (Wildman–Crippen MR) is 299 cm³/mol. The van der Waals surface area contributed by atoms with E-state index < -0.39 is 29.4 Å². The molecule has 426 valence electrons. The Morgan fingerprint density at radius 2 is 1.79 bits per heavy atom. The Hall–Kier alpha value is -6.68. The number of rotatable bonds is 22. The van der Waals surface area contributed by atoms with Crippen molar-refractivity contribution in [3.63, 3.8) is 0 Å². The van der Waals surface area contributed by atoms with Crippen LogP contribution in [-0.4, -0.2) is 170 Å². The maximum absolute atomic E-state index is 15.0. The van der Waals surface area contributed by atoms with Crippen LogP contribution < -0.4 is 36.6 Å². The van der Waals surface area contributed by atoms with Crippen LogP contribution in [-0.2, 0) is 46.5 Å². The van der Waals surface area contributed by atoms with E-state index in [2.05, 4.69) is 37.7 Å². The Bertz CT molecular complexity index is 2620. The van der Waals surface area contributed by atoms with Gasteiger partial charge < -0.3 is 60.8 Å². The zero-order chi connectivity index (χ0) is 56.7. The minimum Gasteiger partial charge on any atom is -0.481 e. The van der Waals surface area contributed by atoms with Crippen LogP contribution >= 0.6 is 0 Å². The number of nitrogens with two attached hydrogens (primary N) is 1. The van der Waals surface area contributed by atoms with Gasteiger partial charge in [0.2, 0.25) is 35.4 Å². The smallest absolute Gasteiger partial charge is 0.246 e. The molecule has 78 heavy (non-hydrogen) atoms. The minimum absolute atomic E-state index is 0.0204. The molecule has 0 unspecified atom stereocenters. The molecule has 0 saturated carbocycles. The number of amides is 5. The number of benzene rings is 1. The summed E-state index contributed by atoms with van der Waals surface area (Å²) in [5.41, 5.74) is 9.95. The van der Waals surface area contributed by atoms with Gasteiger partial charge >= 0.3 is 0 Å². The zero-order valence-corrected chi connectivity index (χ0v) is 47.1. The van der Waals surface area contributed by atoms with Gasteiger partial charge in [-0.25, -0.2) is 14.1 Å². The average molecular weight is 1080 g/mol. The molecule has 2 aromatic heterocycles. The maximum Gasteiger partial charge on any atom is 0.246 e. The summed E-state index contributed by atoms with van der Waals surface area (Å²) in [7, 11) is 6.60. The molecule has 21 heteroatoms. The normalized spacial score (nSPS) is 20.3. The van der Waals surface area contributed by atoms with E-state index in [1.54, 1.807) is 55.9 Å². The highest BCUT2D eigenvalue weighted by molar-refractivity contribution is 5.94. The van der Waals surface area contributed by atoms with Crippen molar-refractivity contribution in [2.75, 3.05) is 91.5 Å². The number of carbonyl (C=O) groups is 5. The van der Waals surface area contributed by atoms with Gasteiger partial charge in [-0.1, -0.05) is 70.7 Å². The van der Waals surface area contributed by atoms with Gasteiger partial charge in [0.15, 0.2) is 0 Å². The van der Waals surface area contributed by atoms with Gasteiger partial charge in [0.05, 0.1) is 88.1 Å². The molecule has 5 heterocycles. The molecule has 2 fully saturated rings. The molecule has 2 bridgehead atoms. The van der Waals surface area contributed by atoms with E-state index in [0.29, 0.717) is 78.9 Å². The Morgan fingerprint density at radius 1 is 1.06 bits per heavy atom. The third-order valence-electron chi connectivity index (χ3n) is 14.7. The van der Waals surface area contributed by atoms with Gasteiger partial charge in [-0.3, -0.25) is 24.0 Å². The molecule has 6 rings (SSSR count). The molecule has 3 aromatic rings. The van der Waals surface area contributed by atoms with E-state index in [1.165, 1.54) is 23.1 Å². The molecule has 0 aliphatic carbocycles. The lowest BCUT2D eigenvalue weighted by Crippen LogP contribution is -2.59. The molecule has 3 aliphatic rings. The first-order valence-electron chi connectivity index (χ1n) is 27.1. The van der Waals surface area contributed by atoms with Crippen molar-refractivity contribution in [2.24, 2.45) is 5.41 Å². The number of hydrogen-bond donors (Lipinski definition) is 5. The second kappa shape index (κ2) is 28.3. The summed E-state index contributed by atoms with van der Waals surface area (Å²) in [4.78, 5) is 79.5. The average Bonchev–Trinajstić information content (AvgIpc) is 4.32. The predicted octanol–water partition coefficient (Wildman–Crippen LogP) is 4.68. The number of nitrogen functional groups attached to an aromatic ring is 1. The van der Waals surface area contributed by atoms with Gasteiger partial charge in [-0.05, 0) is 74.4 Å². The number of hydrogen-bond acceptors (Lipinski definition) is 14. The summed E-state index contributed by atoms with van der Waals surface area (Å²) < 4.78 is 34.3. The number of methoxy groups -OCH3 is 1. The van der Waals surface area contributed by atoms with Gasteiger partial charge in [-0.15, -0.1) is 0 Å². The van der Waals surface area contributed by atoms with Gasteiger partial charge in [0.1, 0.15) is 23.7 Å². The third kappa shape index (κ3) is 15.8. The summed E-state index contributed by atoms with van der Waals surface area (Å²) in [6.07, 6.45) is 8.61. The van der Waals surface area contributed by atoms with E-state index in [0.717, 1.165) is 18.4 Å². The molecule has 0 spiro atoms. The first-order chi connectivity index (χ1) is 37.2. The van der Waals surface area contributed by atoms with E-state index >= 15 is 0 Å². The number of fused-ring (bicyclic) bond motifs is 6. The zero-order valence-electron chi connectivity index (χ0n) is 47.1. The highest BCUT2D eigenvalue weighted by Crippen LogP contribution is 2.40. The molecule has 2 saturated heterocycles. The number of likely N-dealkylation sites (tertiary alicyclic amines) is 1. The number of anilines is 2. The van der Waals surface area contributed by atoms with Crippen LogP contribution in [0.4, 0.5) is 15.9 Å². The van der Waals surface area contributed by atoms with E-state index in [-0.39, 0.29) is 100.0 Å². The Labute approximate surface area is 459 Å². The number of pyridine rings is 1. The molecule has 6 N–H and O–H groups in total. The number of nitrogens with one attached hydrogen (secondary N) is 4. The number of aromatic nitrogens is 3. The summed E-state index contributed by atoms with van der Waals surface area (Å²) in [6, 6.07) is 8.87. The SMILES string of the molecule is C=C1/C=C(F)\C=C/CC(=O)N(C)Cc2nn(CCN(C)C(=O)CCOCCOCCN[C@@H]3C[C@H](C(=O)N[C@@H](CC)c4ccccc4)N(C(=O)[C@H](NC(=O)[C@@H](C)NC)C(C)(C)C)C3)c(OC)c2-c2cnc(N)c(c2)N2CCC[C@H]12. The highest BCUT2D eigenvalue weighted by atomic mass is 19.1. The molecular formula is C57H83FN12O8. The fourth-order valence-corrected chi connectivity index (χ4v) is 10.0. The van der Waals surface area contributed by atoms with Crippen LogP contribution in [0.15, 0.2) is 78.8 Å². The summed E-state index contributed by atoms with van der Waals surface area (Å²) in [5.74, 6) is -0.991. The van der Waals surface area contributed by atoms with Crippen LogP contribution in [0.5, 0.6) is 5.88 Å². The monoisotopic (exact) mass is 1080 g/mol. The minimum atomic E-state index is -0.870. The van der Waals surface area contributed by atoms with Gasteiger partial charge in [0.25, 0.3) is 0 Å². The van der Waals surface area contributed by atoms with Crippen LogP contribution in [0.3, 0.4) is 0 Å². The lowest BCUT2D eigenvalue weighted by atomic mass is 9.85. The molecule has 6 atom stereocenters. The molecule has 20 nitrogen and oxygen atoms in total.